The summed E-state index contributed by atoms with van der Waals surface area (Å²) < 4.78 is 27.3. The Morgan fingerprint density at radius 1 is 1.03 bits per heavy atom. The van der Waals surface area contributed by atoms with Gasteiger partial charge in [-0.25, -0.2) is 8.42 Å². The van der Waals surface area contributed by atoms with Gasteiger partial charge in [0.15, 0.2) is 0 Å². The first-order valence-electron chi connectivity index (χ1n) is 9.67. The largest absolute Gasteiger partial charge is 0.324 e. The monoisotopic (exact) mass is 469 g/mol. The van der Waals surface area contributed by atoms with Gasteiger partial charge in [0.25, 0.3) is 0 Å². The van der Waals surface area contributed by atoms with Crippen LogP contribution in [-0.2, 0) is 14.8 Å². The highest BCUT2D eigenvalue weighted by atomic mass is 35.5. The molecule has 0 saturated carbocycles. The zero-order valence-electron chi connectivity index (χ0n) is 17.2. The van der Waals surface area contributed by atoms with E-state index < -0.39 is 10.0 Å². The zero-order valence-corrected chi connectivity index (χ0v) is 19.5. The summed E-state index contributed by atoms with van der Waals surface area (Å²) in [7, 11) is -3.75. The highest BCUT2D eigenvalue weighted by Crippen LogP contribution is 2.28. The molecule has 3 rings (SSSR count). The highest BCUT2D eigenvalue weighted by molar-refractivity contribution is 7.89. The fourth-order valence-corrected chi connectivity index (χ4v) is 5.58. The molecule has 6 nitrogen and oxygen atoms in total. The highest BCUT2D eigenvalue weighted by Gasteiger charge is 2.33. The fraction of sp³-hybridized carbons (Fsp3) is 0.381. The van der Waals surface area contributed by atoms with Crippen LogP contribution in [-0.4, -0.2) is 55.8 Å². The van der Waals surface area contributed by atoms with Crippen LogP contribution in [0.2, 0.25) is 10.0 Å². The summed E-state index contributed by atoms with van der Waals surface area (Å²) in [6, 6.07) is 9.93. The number of aryl methyl sites for hydroxylation is 2. The third-order valence-electron chi connectivity index (χ3n) is 5.36. The molecule has 0 radical (unpaired) electrons. The van der Waals surface area contributed by atoms with Crippen LogP contribution in [0.4, 0.5) is 5.69 Å². The molecule has 30 heavy (non-hydrogen) atoms. The maximum atomic E-state index is 13.0. The van der Waals surface area contributed by atoms with Crippen molar-refractivity contribution in [3.63, 3.8) is 0 Å². The Labute approximate surface area is 187 Å². The van der Waals surface area contributed by atoms with Crippen molar-refractivity contribution >= 4 is 44.8 Å². The fourth-order valence-electron chi connectivity index (χ4n) is 3.42. The third kappa shape index (κ3) is 4.98. The van der Waals surface area contributed by atoms with Gasteiger partial charge >= 0.3 is 0 Å². The summed E-state index contributed by atoms with van der Waals surface area (Å²) in [5.74, 6) is -0.113. The summed E-state index contributed by atoms with van der Waals surface area (Å²) in [6.07, 6.45) is 0. The van der Waals surface area contributed by atoms with Gasteiger partial charge in [-0.05, 0) is 56.2 Å². The average molecular weight is 470 g/mol. The van der Waals surface area contributed by atoms with Gasteiger partial charge in [0.05, 0.1) is 11.1 Å². The van der Waals surface area contributed by atoms with E-state index >= 15 is 0 Å². The molecule has 1 fully saturated rings. The Kier molecular flexibility index (Phi) is 7.09. The summed E-state index contributed by atoms with van der Waals surface area (Å²) in [4.78, 5) is 14.7. The Bertz CT molecular complexity index is 1050. The summed E-state index contributed by atoms with van der Waals surface area (Å²) in [5.41, 5.74) is 2.86. The van der Waals surface area contributed by atoms with E-state index in [4.69, 9.17) is 23.2 Å². The van der Waals surface area contributed by atoms with Crippen molar-refractivity contribution < 1.29 is 13.2 Å². The summed E-state index contributed by atoms with van der Waals surface area (Å²) in [6.45, 7) is 7.18. The standard InChI is InChI=1S/C21H25Cl2N3O3S/c1-14-4-5-15(2)19(12-14)24-21(27)16(3)25-8-10-26(11-9-25)30(28,29)20-13-17(22)6-7-18(20)23/h4-7,12-13,16H,8-11H2,1-3H3,(H,24,27). The van der Waals surface area contributed by atoms with Crippen molar-refractivity contribution in [2.75, 3.05) is 31.5 Å². The van der Waals surface area contributed by atoms with Crippen LogP contribution in [0, 0.1) is 13.8 Å². The second kappa shape index (κ2) is 9.24. The number of piperazine rings is 1. The normalized spacial score (nSPS) is 17.0. The van der Waals surface area contributed by atoms with Gasteiger partial charge in [0, 0.05) is 36.9 Å². The molecule has 1 aliphatic heterocycles. The number of halogens is 2. The maximum absolute atomic E-state index is 13.0. The van der Waals surface area contributed by atoms with Crippen molar-refractivity contribution in [1.82, 2.24) is 9.21 Å². The Morgan fingerprint density at radius 2 is 1.70 bits per heavy atom. The molecular formula is C21H25Cl2N3O3S. The van der Waals surface area contributed by atoms with Crippen LogP contribution >= 0.6 is 23.2 Å². The molecule has 162 valence electrons. The van der Waals surface area contributed by atoms with Crippen LogP contribution in [0.25, 0.3) is 0 Å². The van der Waals surface area contributed by atoms with E-state index in [0.29, 0.717) is 18.1 Å². The summed E-state index contributed by atoms with van der Waals surface area (Å²) >= 11 is 12.0. The van der Waals surface area contributed by atoms with E-state index in [-0.39, 0.29) is 35.0 Å². The molecule has 1 N–H and O–H groups in total. The number of hydrogen-bond donors (Lipinski definition) is 1. The topological polar surface area (TPSA) is 69.7 Å². The lowest BCUT2D eigenvalue weighted by atomic mass is 10.1. The second-order valence-electron chi connectivity index (χ2n) is 7.50. The van der Waals surface area contributed by atoms with Crippen molar-refractivity contribution in [3.8, 4) is 0 Å². The van der Waals surface area contributed by atoms with Gasteiger partial charge in [0.1, 0.15) is 4.90 Å². The SMILES string of the molecule is Cc1ccc(C)c(NC(=O)C(C)N2CCN(S(=O)(=O)c3cc(Cl)ccc3Cl)CC2)c1. The first-order chi connectivity index (χ1) is 14.1. The first kappa shape index (κ1) is 23.0. The molecule has 2 aromatic carbocycles. The van der Waals surface area contributed by atoms with Gasteiger partial charge in [-0.1, -0.05) is 35.3 Å². The number of benzene rings is 2. The lowest BCUT2D eigenvalue weighted by Gasteiger charge is -2.36. The van der Waals surface area contributed by atoms with Crippen LogP contribution in [0.1, 0.15) is 18.1 Å². The predicted molar refractivity (Wildman–Crippen MR) is 121 cm³/mol. The van der Waals surface area contributed by atoms with Crippen LogP contribution < -0.4 is 5.32 Å². The Morgan fingerprint density at radius 3 is 2.37 bits per heavy atom. The number of rotatable bonds is 5. The van der Waals surface area contributed by atoms with E-state index in [9.17, 15) is 13.2 Å². The van der Waals surface area contributed by atoms with E-state index in [2.05, 4.69) is 5.32 Å². The molecule has 0 bridgehead atoms. The lowest BCUT2D eigenvalue weighted by Crippen LogP contribution is -2.54. The number of sulfonamides is 1. The molecule has 1 saturated heterocycles. The van der Waals surface area contributed by atoms with E-state index in [0.717, 1.165) is 16.8 Å². The number of anilines is 1. The Balaban J connectivity index is 1.65. The van der Waals surface area contributed by atoms with E-state index in [1.54, 1.807) is 6.07 Å². The van der Waals surface area contributed by atoms with Crippen molar-refractivity contribution in [3.05, 3.63) is 57.6 Å². The number of carbonyl (C=O) groups excluding carboxylic acids is 1. The quantitative estimate of drug-likeness (QED) is 0.719. The van der Waals surface area contributed by atoms with Gasteiger partial charge in [-0.3, -0.25) is 9.69 Å². The molecule has 1 aliphatic rings. The molecule has 2 aromatic rings. The molecule has 1 unspecified atom stereocenters. The lowest BCUT2D eigenvalue weighted by molar-refractivity contribution is -0.121. The number of carbonyl (C=O) groups is 1. The first-order valence-corrected chi connectivity index (χ1v) is 11.9. The minimum atomic E-state index is -3.75. The number of amides is 1. The zero-order chi connectivity index (χ0) is 22.1. The van der Waals surface area contributed by atoms with Gasteiger partial charge in [-0.2, -0.15) is 4.31 Å². The van der Waals surface area contributed by atoms with Crippen LogP contribution in [0.5, 0.6) is 0 Å². The molecule has 9 heteroatoms. The van der Waals surface area contributed by atoms with E-state index in [1.165, 1.54) is 16.4 Å². The average Bonchev–Trinajstić information content (AvgIpc) is 2.72. The third-order valence-corrected chi connectivity index (χ3v) is 7.98. The molecular weight excluding hydrogens is 445 g/mol. The van der Waals surface area contributed by atoms with Gasteiger partial charge < -0.3 is 5.32 Å². The van der Waals surface area contributed by atoms with Gasteiger partial charge in [0.2, 0.25) is 15.9 Å². The Hall–Kier alpha value is -1.64. The molecule has 0 spiro atoms. The van der Waals surface area contributed by atoms with Crippen LogP contribution in [0.15, 0.2) is 41.3 Å². The summed E-state index contributed by atoms with van der Waals surface area (Å²) in [5, 5.41) is 3.44. The minimum absolute atomic E-state index is 0.00540. The van der Waals surface area contributed by atoms with Gasteiger partial charge in [-0.15, -0.1) is 0 Å². The van der Waals surface area contributed by atoms with E-state index in [1.807, 2.05) is 43.9 Å². The number of hydrogen-bond acceptors (Lipinski definition) is 4. The smallest absolute Gasteiger partial charge is 0.244 e. The predicted octanol–water partition coefficient (Wildman–Crippen LogP) is 3.94. The molecule has 1 amide bonds. The second-order valence-corrected chi connectivity index (χ2v) is 10.2. The van der Waals surface area contributed by atoms with Crippen molar-refractivity contribution in [2.24, 2.45) is 0 Å². The number of nitrogens with one attached hydrogen (secondary N) is 1. The minimum Gasteiger partial charge on any atom is -0.324 e. The number of nitrogens with zero attached hydrogens (tertiary/aromatic N) is 2. The molecule has 1 atom stereocenters. The molecule has 0 aromatic heterocycles. The van der Waals surface area contributed by atoms with Crippen LogP contribution in [0.3, 0.4) is 0 Å². The van der Waals surface area contributed by atoms with Crippen molar-refractivity contribution in [2.45, 2.75) is 31.7 Å². The molecule has 1 heterocycles. The molecule has 0 aliphatic carbocycles. The maximum Gasteiger partial charge on any atom is 0.244 e. The van der Waals surface area contributed by atoms with Crippen molar-refractivity contribution in [1.29, 1.82) is 0 Å².